The number of amides is 1. The molecule has 158 valence electrons. The van der Waals surface area contributed by atoms with E-state index in [-0.39, 0.29) is 5.57 Å². The number of aliphatic imine (C=N–C) groups is 1. The van der Waals surface area contributed by atoms with Crippen molar-refractivity contribution in [2.75, 3.05) is 12.4 Å². The highest BCUT2D eigenvalue weighted by Gasteiger charge is 2.46. The molecule has 1 saturated carbocycles. The van der Waals surface area contributed by atoms with Gasteiger partial charge in [-0.15, -0.1) is 0 Å². The zero-order valence-corrected chi connectivity index (χ0v) is 17.4. The molecule has 1 aromatic rings. The first kappa shape index (κ1) is 21.5. The van der Waals surface area contributed by atoms with E-state index in [0.717, 1.165) is 18.3 Å². The number of carbonyl (C=O) groups excluding carboxylic acids is 1. The van der Waals surface area contributed by atoms with Crippen LogP contribution in [0.3, 0.4) is 0 Å². The number of benzene rings is 1. The van der Waals surface area contributed by atoms with Gasteiger partial charge in [-0.3, -0.25) is 9.79 Å². The Kier molecular flexibility index (Phi) is 6.70. The van der Waals surface area contributed by atoms with Gasteiger partial charge in [-0.2, -0.15) is 0 Å². The van der Waals surface area contributed by atoms with Gasteiger partial charge in [0.05, 0.1) is 11.3 Å². The second-order valence-corrected chi connectivity index (χ2v) is 8.60. The average Bonchev–Trinajstić information content (AvgIpc) is 3.21. The van der Waals surface area contributed by atoms with E-state index >= 15 is 0 Å². The molecule has 1 aromatic carbocycles. The third-order valence-electron chi connectivity index (χ3n) is 6.35. The highest BCUT2D eigenvalue weighted by Crippen LogP contribution is 2.60. The summed E-state index contributed by atoms with van der Waals surface area (Å²) in [5.41, 5.74) is 7.64. The molecule has 3 unspecified atom stereocenters. The minimum Gasteiger partial charge on any atom is -0.397 e. The number of hydrogen-bond donors (Lipinski definition) is 2. The zero-order chi connectivity index (χ0) is 21.1. The first-order chi connectivity index (χ1) is 13.8. The van der Waals surface area contributed by atoms with E-state index in [4.69, 9.17) is 5.73 Å². The molecule has 0 aliphatic heterocycles. The lowest BCUT2D eigenvalue weighted by atomic mass is 9.88. The van der Waals surface area contributed by atoms with Crippen LogP contribution in [0.1, 0.15) is 68.9 Å². The number of allylic oxidation sites excluding steroid dienone is 1. The Labute approximate surface area is 171 Å². The van der Waals surface area contributed by atoms with Crippen molar-refractivity contribution in [1.29, 1.82) is 0 Å². The molecule has 4 nitrogen and oxygen atoms in total. The smallest absolute Gasteiger partial charge is 0.278 e. The fraction of sp³-hybridized carbons (Fsp3) is 0.565. The molecule has 0 spiro atoms. The maximum Gasteiger partial charge on any atom is 0.278 e. The first-order valence-corrected chi connectivity index (χ1v) is 10.5. The predicted octanol–water partition coefficient (Wildman–Crippen LogP) is 5.22. The first-order valence-electron chi connectivity index (χ1n) is 10.5. The molecule has 2 aliphatic carbocycles. The van der Waals surface area contributed by atoms with E-state index in [1.807, 2.05) is 12.1 Å². The standard InChI is InChI=1S/C23H31F2N3O/c1-13(2)6-4-7-14-15-10-11-17(14)20-16(15)8-5-9-19(20)28-23(29)18(12-27-3)21(26)22(24)25/h5,8-9,12-15,17,22H,4,6-7,10-11,26H2,1-3H3,(H,28,29). The predicted molar refractivity (Wildman–Crippen MR) is 114 cm³/mol. The number of hydrogen-bond acceptors (Lipinski definition) is 3. The summed E-state index contributed by atoms with van der Waals surface area (Å²) in [5.74, 6) is 1.65. The highest BCUT2D eigenvalue weighted by molar-refractivity contribution is 6.18. The number of fused-ring (bicyclic) bond motifs is 5. The molecule has 3 atom stereocenters. The summed E-state index contributed by atoms with van der Waals surface area (Å²) in [6, 6.07) is 5.96. The second-order valence-electron chi connectivity index (χ2n) is 8.60. The van der Waals surface area contributed by atoms with Gasteiger partial charge in [-0.1, -0.05) is 38.8 Å². The summed E-state index contributed by atoms with van der Waals surface area (Å²) in [5, 5.41) is 2.84. The highest BCUT2D eigenvalue weighted by atomic mass is 19.3. The lowest BCUT2D eigenvalue weighted by Gasteiger charge is -2.20. The normalized spacial score (nSPS) is 23.8. The summed E-state index contributed by atoms with van der Waals surface area (Å²) >= 11 is 0. The van der Waals surface area contributed by atoms with Crippen LogP contribution in [0.25, 0.3) is 0 Å². The summed E-state index contributed by atoms with van der Waals surface area (Å²) in [6.07, 6.45) is 4.14. The Hall–Kier alpha value is -2.24. The van der Waals surface area contributed by atoms with Crippen molar-refractivity contribution in [3.63, 3.8) is 0 Å². The largest absolute Gasteiger partial charge is 0.397 e. The topological polar surface area (TPSA) is 67.5 Å². The minimum absolute atomic E-state index is 0.281. The fourth-order valence-electron chi connectivity index (χ4n) is 5.11. The van der Waals surface area contributed by atoms with Crippen LogP contribution in [0, 0.1) is 11.8 Å². The Morgan fingerprint density at radius 1 is 1.31 bits per heavy atom. The van der Waals surface area contributed by atoms with E-state index in [2.05, 4.69) is 30.2 Å². The average molecular weight is 404 g/mol. The summed E-state index contributed by atoms with van der Waals surface area (Å²) in [4.78, 5) is 16.4. The van der Waals surface area contributed by atoms with Crippen molar-refractivity contribution < 1.29 is 13.6 Å². The van der Waals surface area contributed by atoms with Gasteiger partial charge in [0.15, 0.2) is 0 Å². The van der Waals surface area contributed by atoms with Gasteiger partial charge in [-0.05, 0) is 60.1 Å². The third-order valence-corrected chi connectivity index (χ3v) is 6.35. The third kappa shape index (κ3) is 4.36. The van der Waals surface area contributed by atoms with Crippen molar-refractivity contribution >= 4 is 17.8 Å². The number of alkyl halides is 2. The van der Waals surface area contributed by atoms with Crippen LogP contribution in [0.2, 0.25) is 0 Å². The Balaban J connectivity index is 1.83. The van der Waals surface area contributed by atoms with Gasteiger partial charge < -0.3 is 11.1 Å². The van der Waals surface area contributed by atoms with Crippen molar-refractivity contribution in [2.24, 2.45) is 22.6 Å². The van der Waals surface area contributed by atoms with E-state index in [1.54, 1.807) is 0 Å². The van der Waals surface area contributed by atoms with Crippen molar-refractivity contribution in [3.8, 4) is 0 Å². The molecule has 29 heavy (non-hydrogen) atoms. The number of anilines is 1. The van der Waals surface area contributed by atoms with Crippen LogP contribution < -0.4 is 11.1 Å². The maximum absolute atomic E-state index is 13.0. The summed E-state index contributed by atoms with van der Waals surface area (Å²) in [6.45, 7) is 4.50. The second kappa shape index (κ2) is 9.06. The molecule has 0 saturated heterocycles. The summed E-state index contributed by atoms with van der Waals surface area (Å²) in [7, 11) is 1.42. The number of carbonyl (C=O) groups is 1. The summed E-state index contributed by atoms with van der Waals surface area (Å²) < 4.78 is 26.1. The van der Waals surface area contributed by atoms with Crippen LogP contribution in [0.5, 0.6) is 0 Å². The number of nitrogens with one attached hydrogen (secondary N) is 1. The SMILES string of the molecule is CN=CC(C(=O)Nc1cccc2c1C1CCC2C1CCCC(C)C)=C(N)C(F)F. The van der Waals surface area contributed by atoms with Gasteiger partial charge in [0.2, 0.25) is 0 Å². The van der Waals surface area contributed by atoms with Crippen LogP contribution in [-0.4, -0.2) is 25.6 Å². The van der Waals surface area contributed by atoms with Crippen LogP contribution in [0.15, 0.2) is 34.5 Å². The van der Waals surface area contributed by atoms with Crippen LogP contribution >= 0.6 is 0 Å². The van der Waals surface area contributed by atoms with E-state index in [9.17, 15) is 13.6 Å². The van der Waals surface area contributed by atoms with E-state index in [0.29, 0.717) is 23.7 Å². The number of halogens is 2. The minimum atomic E-state index is -2.91. The molecule has 2 aliphatic rings. The monoisotopic (exact) mass is 403 g/mol. The molecule has 6 heteroatoms. The number of rotatable bonds is 8. The molecule has 1 amide bonds. The number of nitrogens with zero attached hydrogens (tertiary/aromatic N) is 1. The van der Waals surface area contributed by atoms with Gasteiger partial charge in [0.25, 0.3) is 12.3 Å². The fourth-order valence-corrected chi connectivity index (χ4v) is 5.11. The quantitative estimate of drug-likeness (QED) is 0.461. The molecule has 3 N–H and O–H groups in total. The van der Waals surface area contributed by atoms with E-state index in [1.165, 1.54) is 43.9 Å². The van der Waals surface area contributed by atoms with Crippen molar-refractivity contribution in [1.82, 2.24) is 0 Å². The van der Waals surface area contributed by atoms with Crippen molar-refractivity contribution in [3.05, 3.63) is 40.6 Å². The molecular formula is C23H31F2N3O. The molecule has 3 rings (SSSR count). The lowest BCUT2D eigenvalue weighted by Crippen LogP contribution is -2.23. The molecule has 2 bridgehead atoms. The van der Waals surface area contributed by atoms with E-state index < -0.39 is 18.0 Å². The van der Waals surface area contributed by atoms with Gasteiger partial charge in [-0.25, -0.2) is 8.78 Å². The van der Waals surface area contributed by atoms with Crippen molar-refractivity contribution in [2.45, 2.75) is 64.2 Å². The molecule has 0 heterocycles. The van der Waals surface area contributed by atoms with Gasteiger partial charge in [0.1, 0.15) is 0 Å². The van der Waals surface area contributed by atoms with Gasteiger partial charge in [0, 0.05) is 18.9 Å². The Morgan fingerprint density at radius 2 is 2.03 bits per heavy atom. The molecule has 1 fully saturated rings. The van der Waals surface area contributed by atoms with Gasteiger partial charge >= 0.3 is 0 Å². The Morgan fingerprint density at radius 3 is 2.69 bits per heavy atom. The molecule has 0 radical (unpaired) electrons. The zero-order valence-electron chi connectivity index (χ0n) is 17.4. The van der Waals surface area contributed by atoms with Crippen LogP contribution in [0.4, 0.5) is 14.5 Å². The number of nitrogens with two attached hydrogens (primary N) is 1. The molecular weight excluding hydrogens is 372 g/mol. The Bertz CT molecular complexity index is 816. The van der Waals surface area contributed by atoms with Crippen LogP contribution in [-0.2, 0) is 4.79 Å². The lowest BCUT2D eigenvalue weighted by molar-refractivity contribution is -0.112. The molecule has 0 aromatic heterocycles. The maximum atomic E-state index is 13.0.